The molecule has 28 heavy (non-hydrogen) atoms. The highest BCUT2D eigenvalue weighted by atomic mass is 35.5. The lowest BCUT2D eigenvalue weighted by Crippen LogP contribution is -2.36. The summed E-state index contributed by atoms with van der Waals surface area (Å²) in [7, 11) is 0. The van der Waals surface area contributed by atoms with E-state index >= 15 is 0 Å². The number of halogens is 1. The van der Waals surface area contributed by atoms with Gasteiger partial charge < -0.3 is 16.0 Å². The standard InChI is InChI=1S/C22H26ClN3O2/c1-15-7-9-16(10-8-15)24-14-21(27)25-18-11-12-20(23)19(13-18)22(28)26-17-5-3-2-4-6-17/h7-13,17,24H,2-6,14H2,1H3,(H,25,27)(H,26,28). The minimum Gasteiger partial charge on any atom is -0.376 e. The number of rotatable bonds is 6. The molecule has 0 bridgehead atoms. The van der Waals surface area contributed by atoms with Gasteiger partial charge >= 0.3 is 0 Å². The van der Waals surface area contributed by atoms with E-state index in [0.717, 1.165) is 36.9 Å². The quantitative estimate of drug-likeness (QED) is 0.655. The third-order valence-corrected chi connectivity index (χ3v) is 5.27. The van der Waals surface area contributed by atoms with Crippen LogP contribution in [0.5, 0.6) is 0 Å². The van der Waals surface area contributed by atoms with E-state index < -0.39 is 0 Å². The zero-order valence-electron chi connectivity index (χ0n) is 16.1. The van der Waals surface area contributed by atoms with Crippen LogP contribution in [0, 0.1) is 6.92 Å². The van der Waals surface area contributed by atoms with Crippen LogP contribution in [0.3, 0.4) is 0 Å². The summed E-state index contributed by atoms with van der Waals surface area (Å²) >= 11 is 6.21. The first-order valence-electron chi connectivity index (χ1n) is 9.72. The molecule has 0 saturated heterocycles. The first-order valence-corrected chi connectivity index (χ1v) is 10.1. The Labute approximate surface area is 170 Å². The van der Waals surface area contributed by atoms with E-state index in [0.29, 0.717) is 16.3 Å². The number of carbonyl (C=O) groups is 2. The van der Waals surface area contributed by atoms with Crippen LogP contribution < -0.4 is 16.0 Å². The maximum Gasteiger partial charge on any atom is 0.253 e. The second-order valence-corrected chi connectivity index (χ2v) is 7.68. The van der Waals surface area contributed by atoms with Gasteiger partial charge in [0.05, 0.1) is 17.1 Å². The van der Waals surface area contributed by atoms with Crippen LogP contribution >= 0.6 is 11.6 Å². The van der Waals surface area contributed by atoms with E-state index in [2.05, 4.69) is 16.0 Å². The number of hydrogen-bond donors (Lipinski definition) is 3. The Kier molecular flexibility index (Phi) is 6.93. The van der Waals surface area contributed by atoms with Crippen molar-refractivity contribution in [3.63, 3.8) is 0 Å². The highest BCUT2D eigenvalue weighted by Gasteiger charge is 2.19. The van der Waals surface area contributed by atoms with Crippen molar-refractivity contribution in [1.82, 2.24) is 5.32 Å². The van der Waals surface area contributed by atoms with Crippen LogP contribution in [0.2, 0.25) is 5.02 Å². The molecule has 1 saturated carbocycles. The Balaban J connectivity index is 1.57. The third-order valence-electron chi connectivity index (χ3n) is 4.94. The van der Waals surface area contributed by atoms with Crippen molar-refractivity contribution in [2.45, 2.75) is 45.1 Å². The average Bonchev–Trinajstić information content (AvgIpc) is 2.70. The van der Waals surface area contributed by atoms with Crippen LogP contribution in [-0.2, 0) is 4.79 Å². The van der Waals surface area contributed by atoms with Gasteiger partial charge in [0.25, 0.3) is 5.91 Å². The number of amides is 2. The van der Waals surface area contributed by atoms with Crippen molar-refractivity contribution in [3.8, 4) is 0 Å². The van der Waals surface area contributed by atoms with Crippen LogP contribution in [0.25, 0.3) is 0 Å². The minimum absolute atomic E-state index is 0.134. The van der Waals surface area contributed by atoms with Gasteiger partial charge in [-0.05, 0) is 50.1 Å². The van der Waals surface area contributed by atoms with Crippen LogP contribution in [0.15, 0.2) is 42.5 Å². The number of hydrogen-bond acceptors (Lipinski definition) is 3. The largest absolute Gasteiger partial charge is 0.376 e. The zero-order chi connectivity index (χ0) is 19.9. The summed E-state index contributed by atoms with van der Waals surface area (Å²) in [4.78, 5) is 24.8. The molecule has 148 valence electrons. The Morgan fingerprint density at radius 3 is 2.39 bits per heavy atom. The Bertz CT molecular complexity index is 830. The van der Waals surface area contributed by atoms with E-state index in [1.807, 2.05) is 31.2 Å². The first kappa shape index (κ1) is 20.2. The molecule has 2 amide bonds. The van der Waals surface area contributed by atoms with Crippen LogP contribution in [0.4, 0.5) is 11.4 Å². The van der Waals surface area contributed by atoms with Gasteiger partial charge in [-0.2, -0.15) is 0 Å². The molecule has 5 nitrogen and oxygen atoms in total. The molecule has 0 unspecified atom stereocenters. The number of aryl methyl sites for hydroxylation is 1. The van der Waals surface area contributed by atoms with E-state index in [1.54, 1.807) is 18.2 Å². The molecule has 0 aliphatic heterocycles. The summed E-state index contributed by atoms with van der Waals surface area (Å²) in [6.07, 6.45) is 5.52. The van der Waals surface area contributed by atoms with Gasteiger partial charge in [0, 0.05) is 17.4 Å². The van der Waals surface area contributed by atoms with Crippen molar-refractivity contribution in [3.05, 3.63) is 58.6 Å². The molecule has 2 aromatic carbocycles. The Morgan fingerprint density at radius 2 is 1.68 bits per heavy atom. The number of anilines is 2. The fourth-order valence-electron chi connectivity index (χ4n) is 3.35. The molecule has 1 aliphatic rings. The molecule has 1 aliphatic carbocycles. The molecule has 6 heteroatoms. The zero-order valence-corrected chi connectivity index (χ0v) is 16.8. The molecule has 0 aromatic heterocycles. The van der Waals surface area contributed by atoms with Crippen LogP contribution in [-0.4, -0.2) is 24.4 Å². The lowest BCUT2D eigenvalue weighted by molar-refractivity contribution is -0.114. The Hall–Kier alpha value is -2.53. The molecular formula is C22H26ClN3O2. The monoisotopic (exact) mass is 399 g/mol. The van der Waals surface area contributed by atoms with E-state index in [4.69, 9.17) is 11.6 Å². The maximum absolute atomic E-state index is 12.6. The SMILES string of the molecule is Cc1ccc(NCC(=O)Nc2ccc(Cl)c(C(=O)NC3CCCCC3)c2)cc1. The van der Waals surface area contributed by atoms with Crippen LogP contribution in [0.1, 0.15) is 48.0 Å². The molecule has 0 spiro atoms. The number of benzene rings is 2. The topological polar surface area (TPSA) is 70.2 Å². The summed E-state index contributed by atoms with van der Waals surface area (Å²) < 4.78 is 0. The molecular weight excluding hydrogens is 374 g/mol. The van der Waals surface area contributed by atoms with Crippen molar-refractivity contribution in [2.24, 2.45) is 0 Å². The molecule has 1 fully saturated rings. The second kappa shape index (κ2) is 9.60. The number of nitrogens with one attached hydrogen (secondary N) is 3. The molecule has 2 aromatic rings. The maximum atomic E-state index is 12.6. The summed E-state index contributed by atoms with van der Waals surface area (Å²) in [5.74, 6) is -0.382. The molecule has 3 N–H and O–H groups in total. The molecule has 0 atom stereocenters. The summed E-state index contributed by atoms with van der Waals surface area (Å²) in [6, 6.07) is 13.0. The van der Waals surface area contributed by atoms with E-state index in [-0.39, 0.29) is 24.4 Å². The molecule has 3 rings (SSSR count). The van der Waals surface area contributed by atoms with E-state index in [1.165, 1.54) is 6.42 Å². The molecule has 0 radical (unpaired) electrons. The lowest BCUT2D eigenvalue weighted by Gasteiger charge is -2.23. The number of carbonyl (C=O) groups excluding carboxylic acids is 2. The van der Waals surface area contributed by atoms with Crippen molar-refractivity contribution in [1.29, 1.82) is 0 Å². The van der Waals surface area contributed by atoms with Gasteiger partial charge in [0.2, 0.25) is 5.91 Å². The molecule has 0 heterocycles. The third kappa shape index (κ3) is 5.73. The predicted molar refractivity (Wildman–Crippen MR) is 114 cm³/mol. The van der Waals surface area contributed by atoms with Gasteiger partial charge in [0.1, 0.15) is 0 Å². The van der Waals surface area contributed by atoms with Crippen molar-refractivity contribution in [2.75, 3.05) is 17.2 Å². The second-order valence-electron chi connectivity index (χ2n) is 7.27. The smallest absolute Gasteiger partial charge is 0.253 e. The minimum atomic E-state index is -0.193. The predicted octanol–water partition coefficient (Wildman–Crippen LogP) is 4.76. The van der Waals surface area contributed by atoms with Gasteiger partial charge in [-0.1, -0.05) is 48.6 Å². The fraction of sp³-hybridized carbons (Fsp3) is 0.364. The average molecular weight is 400 g/mol. The van der Waals surface area contributed by atoms with Crippen molar-refractivity contribution >= 4 is 34.8 Å². The van der Waals surface area contributed by atoms with Gasteiger partial charge in [-0.3, -0.25) is 9.59 Å². The summed E-state index contributed by atoms with van der Waals surface area (Å²) in [5, 5.41) is 9.33. The normalized spacial score (nSPS) is 14.4. The summed E-state index contributed by atoms with van der Waals surface area (Å²) in [5.41, 5.74) is 2.98. The Morgan fingerprint density at radius 1 is 1.00 bits per heavy atom. The highest BCUT2D eigenvalue weighted by Crippen LogP contribution is 2.23. The van der Waals surface area contributed by atoms with Gasteiger partial charge in [-0.15, -0.1) is 0 Å². The van der Waals surface area contributed by atoms with E-state index in [9.17, 15) is 9.59 Å². The first-order chi connectivity index (χ1) is 13.5. The van der Waals surface area contributed by atoms with Crippen molar-refractivity contribution < 1.29 is 9.59 Å². The lowest BCUT2D eigenvalue weighted by atomic mass is 9.95. The fourth-order valence-corrected chi connectivity index (χ4v) is 3.55. The highest BCUT2D eigenvalue weighted by molar-refractivity contribution is 6.34. The van der Waals surface area contributed by atoms with Gasteiger partial charge in [-0.25, -0.2) is 0 Å². The summed E-state index contributed by atoms with van der Waals surface area (Å²) in [6.45, 7) is 2.15. The van der Waals surface area contributed by atoms with Gasteiger partial charge in [0.15, 0.2) is 0 Å².